The number of nitrogens with zero attached hydrogens (tertiary/aromatic N) is 3. The molecule has 0 atom stereocenters. The number of benzene rings is 2. The maximum atomic E-state index is 12.6. The number of nitriles is 1. The van der Waals surface area contributed by atoms with Crippen LogP contribution in [0.25, 0.3) is 0 Å². The van der Waals surface area contributed by atoms with Crippen molar-refractivity contribution in [3.63, 3.8) is 0 Å². The zero-order valence-electron chi connectivity index (χ0n) is 19.5. The highest BCUT2D eigenvalue weighted by atomic mass is 32.2. The summed E-state index contributed by atoms with van der Waals surface area (Å²) in [7, 11) is 0. The molecule has 0 bridgehead atoms. The van der Waals surface area contributed by atoms with Gasteiger partial charge in [0, 0.05) is 31.7 Å². The third kappa shape index (κ3) is 6.27. The summed E-state index contributed by atoms with van der Waals surface area (Å²) in [5.41, 5.74) is 4.46. The van der Waals surface area contributed by atoms with E-state index in [1.54, 1.807) is 31.2 Å². The van der Waals surface area contributed by atoms with Gasteiger partial charge >= 0.3 is 5.97 Å². The van der Waals surface area contributed by atoms with Crippen molar-refractivity contribution in [2.24, 2.45) is 0 Å². The molecule has 0 aliphatic carbocycles. The zero-order valence-corrected chi connectivity index (χ0v) is 20.3. The molecule has 0 spiro atoms. The van der Waals surface area contributed by atoms with Crippen LogP contribution in [0.1, 0.15) is 39.7 Å². The van der Waals surface area contributed by atoms with Gasteiger partial charge in [-0.2, -0.15) is 5.26 Å². The van der Waals surface area contributed by atoms with Crippen LogP contribution in [0.15, 0.2) is 65.7 Å². The highest BCUT2D eigenvalue weighted by molar-refractivity contribution is 8.00. The molecule has 1 aromatic heterocycles. The summed E-state index contributed by atoms with van der Waals surface area (Å²) in [6.45, 7) is 4.46. The molecule has 0 radical (unpaired) electrons. The number of hydrogen-bond acceptors (Lipinski definition) is 7. The van der Waals surface area contributed by atoms with Crippen molar-refractivity contribution in [3.8, 4) is 6.07 Å². The molecule has 2 heterocycles. The summed E-state index contributed by atoms with van der Waals surface area (Å²) in [4.78, 5) is 31.8. The number of pyridine rings is 1. The predicted molar refractivity (Wildman–Crippen MR) is 135 cm³/mol. The quantitative estimate of drug-likeness (QED) is 0.372. The van der Waals surface area contributed by atoms with Crippen LogP contribution in [0.5, 0.6) is 0 Å². The molecule has 35 heavy (non-hydrogen) atoms. The van der Waals surface area contributed by atoms with E-state index in [9.17, 15) is 14.9 Å². The number of para-hydroxylation sites is 1. The molecule has 3 aromatic rings. The number of esters is 1. The number of carbonyl (C=O) groups is 2. The Balaban J connectivity index is 1.41. The van der Waals surface area contributed by atoms with Crippen LogP contribution >= 0.6 is 11.8 Å². The molecule has 178 valence electrons. The molecule has 0 saturated carbocycles. The third-order valence-electron chi connectivity index (χ3n) is 5.62. The minimum Gasteiger partial charge on any atom is -0.462 e. The number of carbonyl (C=O) groups excluding carboxylic acids is 2. The number of amides is 1. The van der Waals surface area contributed by atoms with Crippen LogP contribution < -0.4 is 5.32 Å². The number of ether oxygens (including phenoxy) is 1. The maximum Gasteiger partial charge on any atom is 0.340 e. The van der Waals surface area contributed by atoms with Crippen molar-refractivity contribution >= 4 is 29.3 Å². The summed E-state index contributed by atoms with van der Waals surface area (Å²) in [5.74, 6) is -0.706. The van der Waals surface area contributed by atoms with E-state index in [4.69, 9.17) is 9.72 Å². The number of rotatable bonds is 8. The molecule has 0 saturated heterocycles. The van der Waals surface area contributed by atoms with Crippen molar-refractivity contribution in [1.82, 2.24) is 9.88 Å². The van der Waals surface area contributed by atoms with Crippen molar-refractivity contribution in [2.45, 2.75) is 31.5 Å². The first-order valence-corrected chi connectivity index (χ1v) is 12.4. The normalized spacial score (nSPS) is 12.9. The minimum atomic E-state index is -0.486. The number of aromatic nitrogens is 1. The second-order valence-electron chi connectivity index (χ2n) is 8.11. The molecule has 7 nitrogen and oxygen atoms in total. The lowest BCUT2D eigenvalue weighted by atomic mass is 10.0. The monoisotopic (exact) mass is 486 g/mol. The average molecular weight is 487 g/mol. The maximum absolute atomic E-state index is 12.6. The van der Waals surface area contributed by atoms with Crippen LogP contribution in [0.2, 0.25) is 0 Å². The fourth-order valence-electron chi connectivity index (χ4n) is 3.98. The standard InChI is InChI=1S/C27H26N4O3S/c1-2-34-27(33)22-10-6-7-11-24(22)29-25(32)18-35-26-20(15-28)14-21-17-31(13-12-23(21)30-26)16-19-8-4-3-5-9-19/h3-11,14H,2,12-13,16-18H2,1H3,(H,29,32). The summed E-state index contributed by atoms with van der Waals surface area (Å²) < 4.78 is 5.06. The molecular weight excluding hydrogens is 460 g/mol. The zero-order chi connectivity index (χ0) is 24.6. The van der Waals surface area contributed by atoms with Gasteiger partial charge in [-0.3, -0.25) is 9.69 Å². The Hall–Kier alpha value is -3.67. The number of hydrogen-bond donors (Lipinski definition) is 1. The first-order valence-electron chi connectivity index (χ1n) is 11.5. The molecule has 0 fully saturated rings. The van der Waals surface area contributed by atoms with Crippen LogP contribution in [0.3, 0.4) is 0 Å². The van der Waals surface area contributed by atoms with Crippen LogP contribution in [0.4, 0.5) is 5.69 Å². The van der Waals surface area contributed by atoms with E-state index < -0.39 is 5.97 Å². The van der Waals surface area contributed by atoms with E-state index in [1.165, 1.54) is 17.3 Å². The van der Waals surface area contributed by atoms with E-state index in [0.717, 1.165) is 37.3 Å². The van der Waals surface area contributed by atoms with Gasteiger partial charge in [0.05, 0.1) is 29.2 Å². The van der Waals surface area contributed by atoms with E-state index in [1.807, 2.05) is 24.3 Å². The molecule has 1 aliphatic heterocycles. The van der Waals surface area contributed by atoms with Gasteiger partial charge in [0.15, 0.2) is 0 Å². The molecule has 8 heteroatoms. The van der Waals surface area contributed by atoms with Crippen LogP contribution in [0, 0.1) is 11.3 Å². The Morgan fingerprint density at radius 1 is 1.17 bits per heavy atom. The average Bonchev–Trinajstić information content (AvgIpc) is 2.88. The molecular formula is C27H26N4O3S. The van der Waals surface area contributed by atoms with E-state index in [0.29, 0.717) is 21.8 Å². The lowest BCUT2D eigenvalue weighted by Gasteiger charge is -2.28. The number of anilines is 1. The van der Waals surface area contributed by atoms with Crippen LogP contribution in [-0.2, 0) is 29.0 Å². The van der Waals surface area contributed by atoms with Crippen molar-refractivity contribution < 1.29 is 14.3 Å². The largest absolute Gasteiger partial charge is 0.462 e. The lowest BCUT2D eigenvalue weighted by molar-refractivity contribution is -0.113. The van der Waals surface area contributed by atoms with Gasteiger partial charge in [-0.15, -0.1) is 0 Å². The highest BCUT2D eigenvalue weighted by Crippen LogP contribution is 2.27. The Morgan fingerprint density at radius 3 is 2.71 bits per heavy atom. The summed E-state index contributed by atoms with van der Waals surface area (Å²) in [6.07, 6.45) is 0.792. The third-order valence-corrected chi connectivity index (χ3v) is 6.61. The fourth-order valence-corrected chi connectivity index (χ4v) is 4.75. The van der Waals surface area contributed by atoms with Crippen LogP contribution in [-0.4, -0.2) is 40.7 Å². The predicted octanol–water partition coefficient (Wildman–Crippen LogP) is 4.42. The molecule has 1 N–H and O–H groups in total. The van der Waals surface area contributed by atoms with Gasteiger partial charge in [-0.1, -0.05) is 54.2 Å². The number of fused-ring (bicyclic) bond motifs is 1. The topological polar surface area (TPSA) is 95.3 Å². The van der Waals surface area contributed by atoms with Crippen molar-refractivity contribution in [1.29, 1.82) is 5.26 Å². The molecule has 1 amide bonds. The molecule has 0 unspecified atom stereocenters. The SMILES string of the molecule is CCOC(=O)c1ccccc1NC(=O)CSc1nc2c(cc1C#N)CN(Cc1ccccc1)CC2. The fraction of sp³-hybridized carbons (Fsp3) is 0.259. The van der Waals surface area contributed by atoms with Gasteiger partial charge < -0.3 is 10.1 Å². The smallest absolute Gasteiger partial charge is 0.340 e. The van der Waals surface area contributed by atoms with Gasteiger partial charge in [0.1, 0.15) is 11.1 Å². The number of nitrogens with one attached hydrogen (secondary N) is 1. The number of thioether (sulfide) groups is 1. The Morgan fingerprint density at radius 2 is 1.94 bits per heavy atom. The van der Waals surface area contributed by atoms with Crippen molar-refractivity contribution in [2.75, 3.05) is 24.2 Å². The molecule has 4 rings (SSSR count). The molecule has 1 aliphatic rings. The minimum absolute atomic E-state index is 0.0672. The van der Waals surface area contributed by atoms with E-state index >= 15 is 0 Å². The first kappa shape index (κ1) is 24.5. The van der Waals surface area contributed by atoms with Crippen molar-refractivity contribution in [3.05, 3.63) is 88.6 Å². The Bertz CT molecular complexity index is 1260. The van der Waals surface area contributed by atoms with Gasteiger partial charge in [0.25, 0.3) is 0 Å². The Kier molecular flexibility index (Phi) is 8.14. The second-order valence-corrected chi connectivity index (χ2v) is 9.07. The van der Waals surface area contributed by atoms with E-state index in [-0.39, 0.29) is 18.3 Å². The van der Waals surface area contributed by atoms with E-state index in [2.05, 4.69) is 28.4 Å². The highest BCUT2D eigenvalue weighted by Gasteiger charge is 2.21. The summed E-state index contributed by atoms with van der Waals surface area (Å²) >= 11 is 1.22. The Labute approximate surface area is 209 Å². The lowest BCUT2D eigenvalue weighted by Crippen LogP contribution is -2.31. The first-order chi connectivity index (χ1) is 17.1. The van der Waals surface area contributed by atoms with Gasteiger partial charge in [-0.25, -0.2) is 9.78 Å². The summed E-state index contributed by atoms with van der Waals surface area (Å²) in [5, 5.41) is 13.0. The van der Waals surface area contributed by atoms with Gasteiger partial charge in [-0.05, 0) is 36.2 Å². The second kappa shape index (κ2) is 11.6. The molecule has 2 aromatic carbocycles. The summed E-state index contributed by atoms with van der Waals surface area (Å²) in [6, 6.07) is 21.2. The van der Waals surface area contributed by atoms with Gasteiger partial charge in [0.2, 0.25) is 5.91 Å².